The van der Waals surface area contributed by atoms with Gasteiger partial charge in [-0.05, 0) is 18.2 Å². The van der Waals surface area contributed by atoms with Crippen LogP contribution in [0.5, 0.6) is 0 Å². The van der Waals surface area contributed by atoms with E-state index >= 15 is 0 Å². The zero-order valence-corrected chi connectivity index (χ0v) is 9.18. The molecule has 1 aromatic rings. The molecular formula is C11H10O4S. The fourth-order valence-corrected chi connectivity index (χ4v) is 1.89. The first-order valence-corrected chi connectivity index (χ1v) is 5.98. The van der Waals surface area contributed by atoms with Crippen molar-refractivity contribution >= 4 is 17.0 Å². The minimum absolute atomic E-state index is 0.333. The molecule has 1 aromatic carbocycles. The Morgan fingerprint density at radius 3 is 2.81 bits per heavy atom. The molecule has 0 amide bonds. The van der Waals surface area contributed by atoms with Crippen LogP contribution in [0.15, 0.2) is 42.5 Å². The van der Waals surface area contributed by atoms with Gasteiger partial charge in [-0.25, -0.2) is 13.2 Å². The zero-order valence-electron chi connectivity index (χ0n) is 8.37. The number of carbonyl (C=O) groups excluding carboxylic acids is 1. The van der Waals surface area contributed by atoms with E-state index in [4.69, 9.17) is 8.92 Å². The quantitative estimate of drug-likeness (QED) is 0.577. The van der Waals surface area contributed by atoms with Crippen LogP contribution < -0.4 is 0 Å². The van der Waals surface area contributed by atoms with E-state index in [0.717, 1.165) is 0 Å². The monoisotopic (exact) mass is 238 g/mol. The second kappa shape index (κ2) is 5.05. The fraction of sp³-hybridized carbons (Fsp3) is 0.182. The Labute approximate surface area is 95.5 Å². The van der Waals surface area contributed by atoms with Crippen molar-refractivity contribution in [2.45, 2.75) is 6.29 Å². The SMILES string of the molecule is O=C(O[C@H]1C=CCS(=O)O1)c1ccccc1. The summed E-state index contributed by atoms with van der Waals surface area (Å²) in [5.74, 6) is -0.159. The molecule has 0 aromatic heterocycles. The minimum atomic E-state index is -1.41. The van der Waals surface area contributed by atoms with Crippen LogP contribution in [0.1, 0.15) is 10.4 Å². The third-order valence-electron chi connectivity index (χ3n) is 1.96. The van der Waals surface area contributed by atoms with Crippen LogP contribution in [0.25, 0.3) is 0 Å². The predicted octanol–water partition coefficient (Wildman–Crippen LogP) is 1.42. The molecule has 1 heterocycles. The molecule has 2 atom stereocenters. The van der Waals surface area contributed by atoms with E-state index in [9.17, 15) is 9.00 Å². The number of rotatable bonds is 2. The van der Waals surface area contributed by atoms with Crippen LogP contribution in [0.4, 0.5) is 0 Å². The highest BCUT2D eigenvalue weighted by Crippen LogP contribution is 2.10. The van der Waals surface area contributed by atoms with Gasteiger partial charge in [0.25, 0.3) is 0 Å². The zero-order chi connectivity index (χ0) is 11.4. The van der Waals surface area contributed by atoms with Crippen LogP contribution in [0, 0.1) is 0 Å². The molecule has 0 bridgehead atoms. The highest BCUT2D eigenvalue weighted by molar-refractivity contribution is 7.80. The van der Waals surface area contributed by atoms with Gasteiger partial charge in [-0.1, -0.05) is 24.3 Å². The molecule has 0 saturated carbocycles. The summed E-state index contributed by atoms with van der Waals surface area (Å²) in [7, 11) is 0. The van der Waals surface area contributed by atoms with E-state index in [1.54, 1.807) is 36.4 Å². The standard InChI is InChI=1S/C11H10O4S/c12-11(9-5-2-1-3-6-9)14-10-7-4-8-16(13)15-10/h1-7,10H,8H2/t10-,16?/m1/s1. The lowest BCUT2D eigenvalue weighted by Crippen LogP contribution is -2.24. The number of ether oxygens (including phenoxy) is 1. The van der Waals surface area contributed by atoms with E-state index in [2.05, 4.69) is 0 Å². The number of hydrogen-bond donors (Lipinski definition) is 0. The molecule has 0 spiro atoms. The maximum Gasteiger partial charge on any atom is 0.340 e. The van der Waals surface area contributed by atoms with E-state index in [1.165, 1.54) is 0 Å². The van der Waals surface area contributed by atoms with E-state index in [-0.39, 0.29) is 0 Å². The van der Waals surface area contributed by atoms with Crippen molar-refractivity contribution in [2.24, 2.45) is 0 Å². The van der Waals surface area contributed by atoms with Gasteiger partial charge in [-0.15, -0.1) is 0 Å². The van der Waals surface area contributed by atoms with Crippen molar-refractivity contribution in [2.75, 3.05) is 5.75 Å². The molecule has 2 rings (SSSR count). The Bertz CT molecular complexity index is 427. The van der Waals surface area contributed by atoms with Gasteiger partial charge in [0.1, 0.15) is 0 Å². The summed E-state index contributed by atoms with van der Waals surface area (Å²) in [6.45, 7) is 0. The Kier molecular flexibility index (Phi) is 3.48. The van der Waals surface area contributed by atoms with Crippen molar-refractivity contribution in [1.82, 2.24) is 0 Å². The number of hydrogen-bond acceptors (Lipinski definition) is 4. The Balaban J connectivity index is 2.00. The molecule has 1 aliphatic heterocycles. The number of esters is 1. The first-order chi connectivity index (χ1) is 7.75. The normalized spacial score (nSPS) is 24.0. The summed E-state index contributed by atoms with van der Waals surface area (Å²) >= 11 is -1.41. The first-order valence-electron chi connectivity index (χ1n) is 4.74. The summed E-state index contributed by atoms with van der Waals surface area (Å²) in [4.78, 5) is 11.6. The summed E-state index contributed by atoms with van der Waals surface area (Å²) in [5, 5.41) is 0. The van der Waals surface area contributed by atoms with Crippen LogP contribution in [-0.2, 0) is 20.0 Å². The van der Waals surface area contributed by atoms with Gasteiger partial charge in [-0.3, -0.25) is 0 Å². The van der Waals surface area contributed by atoms with Crippen LogP contribution in [0.2, 0.25) is 0 Å². The van der Waals surface area contributed by atoms with Gasteiger partial charge in [0.2, 0.25) is 6.29 Å². The van der Waals surface area contributed by atoms with Crippen molar-refractivity contribution in [1.29, 1.82) is 0 Å². The van der Waals surface area contributed by atoms with Gasteiger partial charge in [0, 0.05) is 0 Å². The summed E-state index contributed by atoms with van der Waals surface area (Å²) < 4.78 is 21.0. The molecule has 0 N–H and O–H groups in total. The fourth-order valence-electron chi connectivity index (χ4n) is 1.23. The molecule has 1 aliphatic rings. The molecule has 5 heteroatoms. The molecule has 0 aliphatic carbocycles. The third kappa shape index (κ3) is 2.77. The molecule has 0 saturated heterocycles. The van der Waals surface area contributed by atoms with Crippen LogP contribution >= 0.6 is 0 Å². The Morgan fingerprint density at radius 2 is 2.12 bits per heavy atom. The molecule has 1 unspecified atom stereocenters. The van der Waals surface area contributed by atoms with Gasteiger partial charge < -0.3 is 4.74 Å². The molecule has 0 radical (unpaired) electrons. The highest BCUT2D eigenvalue weighted by atomic mass is 32.2. The lowest BCUT2D eigenvalue weighted by atomic mass is 10.2. The van der Waals surface area contributed by atoms with E-state index < -0.39 is 23.3 Å². The number of benzene rings is 1. The van der Waals surface area contributed by atoms with Gasteiger partial charge >= 0.3 is 5.97 Å². The number of carbonyl (C=O) groups is 1. The first kappa shape index (κ1) is 11.0. The third-order valence-corrected chi connectivity index (χ3v) is 2.83. The summed E-state index contributed by atoms with van der Waals surface area (Å²) in [6, 6.07) is 8.58. The lowest BCUT2D eigenvalue weighted by Gasteiger charge is -2.16. The largest absolute Gasteiger partial charge is 0.427 e. The Morgan fingerprint density at radius 1 is 1.38 bits per heavy atom. The molecule has 16 heavy (non-hydrogen) atoms. The van der Waals surface area contributed by atoms with Crippen molar-refractivity contribution < 1.29 is 17.9 Å². The molecule has 4 nitrogen and oxygen atoms in total. The molecule has 84 valence electrons. The van der Waals surface area contributed by atoms with Gasteiger partial charge in [-0.2, -0.15) is 0 Å². The lowest BCUT2D eigenvalue weighted by molar-refractivity contribution is -0.0166. The average molecular weight is 238 g/mol. The second-order valence-corrected chi connectivity index (χ2v) is 4.27. The Hall–Kier alpha value is -1.46. The topological polar surface area (TPSA) is 52.6 Å². The van der Waals surface area contributed by atoms with Crippen molar-refractivity contribution in [3.8, 4) is 0 Å². The summed E-state index contributed by atoms with van der Waals surface area (Å²) in [6.07, 6.45) is 2.38. The maximum atomic E-state index is 11.6. The minimum Gasteiger partial charge on any atom is -0.427 e. The maximum absolute atomic E-state index is 11.6. The van der Waals surface area contributed by atoms with Crippen LogP contribution in [0.3, 0.4) is 0 Å². The van der Waals surface area contributed by atoms with Crippen LogP contribution in [-0.4, -0.2) is 22.2 Å². The highest BCUT2D eigenvalue weighted by Gasteiger charge is 2.19. The molecule has 0 fully saturated rings. The molecular weight excluding hydrogens is 228 g/mol. The average Bonchev–Trinajstić information content (AvgIpc) is 2.30. The summed E-state index contributed by atoms with van der Waals surface area (Å²) in [5.41, 5.74) is 0.441. The van der Waals surface area contributed by atoms with E-state index in [0.29, 0.717) is 11.3 Å². The predicted molar refractivity (Wildman–Crippen MR) is 58.9 cm³/mol. The second-order valence-electron chi connectivity index (χ2n) is 3.13. The van der Waals surface area contributed by atoms with Gasteiger partial charge in [0.15, 0.2) is 11.1 Å². The van der Waals surface area contributed by atoms with E-state index in [1.807, 2.05) is 6.07 Å². The van der Waals surface area contributed by atoms with Crippen molar-refractivity contribution in [3.05, 3.63) is 48.0 Å². The smallest absolute Gasteiger partial charge is 0.340 e. The van der Waals surface area contributed by atoms with Crippen molar-refractivity contribution in [3.63, 3.8) is 0 Å². The van der Waals surface area contributed by atoms with Gasteiger partial charge in [0.05, 0.1) is 11.3 Å².